The van der Waals surface area contributed by atoms with E-state index in [0.29, 0.717) is 5.25 Å². The first-order valence-electron chi connectivity index (χ1n) is 4.76. The van der Waals surface area contributed by atoms with Crippen LogP contribution in [-0.4, -0.2) is 16.5 Å². The summed E-state index contributed by atoms with van der Waals surface area (Å²) in [4.78, 5) is 1.27. The fraction of sp³-hybridized carbons (Fsp3) is 0.455. The number of aliphatic hydroxyl groups is 1. The predicted molar refractivity (Wildman–Crippen MR) is 55.9 cm³/mol. The Morgan fingerprint density at radius 1 is 1.15 bits per heavy atom. The first-order chi connectivity index (χ1) is 6.36. The van der Waals surface area contributed by atoms with E-state index >= 15 is 0 Å². The Labute approximate surface area is 83.2 Å². The van der Waals surface area contributed by atoms with E-state index in [2.05, 4.69) is 12.1 Å². The summed E-state index contributed by atoms with van der Waals surface area (Å²) in [5.41, 5.74) is 0. The lowest BCUT2D eigenvalue weighted by molar-refractivity contribution is 0.188. The van der Waals surface area contributed by atoms with Crippen LogP contribution in [0.3, 0.4) is 0 Å². The molecule has 1 saturated carbocycles. The highest BCUT2D eigenvalue weighted by Crippen LogP contribution is 2.34. The number of benzene rings is 1. The third kappa shape index (κ3) is 2.26. The molecule has 0 heterocycles. The fourth-order valence-electron chi connectivity index (χ4n) is 1.72. The van der Waals surface area contributed by atoms with E-state index < -0.39 is 0 Å². The normalized spacial score (nSPS) is 27.8. The molecule has 0 radical (unpaired) electrons. The number of hydrogen-bond donors (Lipinski definition) is 1. The molecule has 1 aliphatic rings. The highest BCUT2D eigenvalue weighted by molar-refractivity contribution is 8.00. The lowest BCUT2D eigenvalue weighted by Crippen LogP contribution is -2.14. The molecule has 2 atom stereocenters. The van der Waals surface area contributed by atoms with Gasteiger partial charge in [-0.1, -0.05) is 18.2 Å². The maximum absolute atomic E-state index is 9.63. The van der Waals surface area contributed by atoms with Crippen LogP contribution in [-0.2, 0) is 0 Å². The van der Waals surface area contributed by atoms with Crippen LogP contribution in [0, 0.1) is 0 Å². The van der Waals surface area contributed by atoms with Crippen LogP contribution in [0.4, 0.5) is 0 Å². The Bertz CT molecular complexity index is 260. The summed E-state index contributed by atoms with van der Waals surface area (Å²) in [7, 11) is 0. The fourth-order valence-corrected chi connectivity index (χ4v) is 2.96. The zero-order chi connectivity index (χ0) is 9.10. The van der Waals surface area contributed by atoms with Crippen molar-refractivity contribution in [3.05, 3.63) is 30.3 Å². The average Bonchev–Trinajstić information content (AvgIpc) is 2.54. The van der Waals surface area contributed by atoms with Gasteiger partial charge in [0.2, 0.25) is 0 Å². The molecule has 0 amide bonds. The second-order valence-electron chi connectivity index (χ2n) is 3.47. The summed E-state index contributed by atoms with van der Waals surface area (Å²) in [6.45, 7) is 0. The van der Waals surface area contributed by atoms with Gasteiger partial charge in [0.25, 0.3) is 0 Å². The van der Waals surface area contributed by atoms with E-state index in [1.807, 2.05) is 30.0 Å². The SMILES string of the molecule is O[C@H]1CCC[C@@H]1Sc1ccccc1. The van der Waals surface area contributed by atoms with Crippen LogP contribution in [0.2, 0.25) is 0 Å². The molecule has 1 aliphatic carbocycles. The molecule has 13 heavy (non-hydrogen) atoms. The molecule has 0 aliphatic heterocycles. The maximum atomic E-state index is 9.63. The second kappa shape index (κ2) is 4.16. The minimum atomic E-state index is -0.0924. The molecular formula is C11H14OS. The van der Waals surface area contributed by atoms with Crippen LogP contribution in [0.1, 0.15) is 19.3 Å². The van der Waals surface area contributed by atoms with Gasteiger partial charge in [0.1, 0.15) is 0 Å². The smallest absolute Gasteiger partial charge is 0.0662 e. The Kier molecular flexibility index (Phi) is 2.91. The van der Waals surface area contributed by atoms with Crippen molar-refractivity contribution in [2.45, 2.75) is 35.5 Å². The zero-order valence-electron chi connectivity index (χ0n) is 7.52. The average molecular weight is 194 g/mol. The van der Waals surface area contributed by atoms with Crippen molar-refractivity contribution in [1.29, 1.82) is 0 Å². The summed E-state index contributed by atoms with van der Waals surface area (Å²) in [5, 5.41) is 10.0. The zero-order valence-corrected chi connectivity index (χ0v) is 8.33. The van der Waals surface area contributed by atoms with E-state index in [0.717, 1.165) is 12.8 Å². The van der Waals surface area contributed by atoms with Crippen LogP contribution in [0.15, 0.2) is 35.2 Å². The minimum Gasteiger partial charge on any atom is -0.392 e. The van der Waals surface area contributed by atoms with E-state index in [1.165, 1.54) is 11.3 Å². The number of aliphatic hydroxyl groups excluding tert-OH is 1. The Morgan fingerprint density at radius 3 is 2.54 bits per heavy atom. The number of hydrogen-bond acceptors (Lipinski definition) is 2. The third-order valence-electron chi connectivity index (χ3n) is 2.45. The van der Waals surface area contributed by atoms with Crippen molar-refractivity contribution < 1.29 is 5.11 Å². The van der Waals surface area contributed by atoms with Crippen molar-refractivity contribution in [3.63, 3.8) is 0 Å². The van der Waals surface area contributed by atoms with Crippen molar-refractivity contribution in [2.75, 3.05) is 0 Å². The van der Waals surface area contributed by atoms with Crippen LogP contribution in [0.5, 0.6) is 0 Å². The molecule has 2 heteroatoms. The van der Waals surface area contributed by atoms with Gasteiger partial charge in [-0.05, 0) is 31.4 Å². The molecule has 0 spiro atoms. The van der Waals surface area contributed by atoms with Gasteiger partial charge in [-0.3, -0.25) is 0 Å². The maximum Gasteiger partial charge on any atom is 0.0662 e. The number of thioether (sulfide) groups is 1. The van der Waals surface area contributed by atoms with Gasteiger partial charge in [-0.25, -0.2) is 0 Å². The van der Waals surface area contributed by atoms with E-state index in [-0.39, 0.29) is 6.10 Å². The quantitative estimate of drug-likeness (QED) is 0.781. The molecule has 1 N–H and O–H groups in total. The number of rotatable bonds is 2. The van der Waals surface area contributed by atoms with E-state index in [1.54, 1.807) is 0 Å². The van der Waals surface area contributed by atoms with E-state index in [9.17, 15) is 5.11 Å². The summed E-state index contributed by atoms with van der Waals surface area (Å²) < 4.78 is 0. The molecule has 1 aromatic rings. The third-order valence-corrected chi connectivity index (χ3v) is 3.85. The van der Waals surface area contributed by atoms with Gasteiger partial charge < -0.3 is 5.11 Å². The van der Waals surface area contributed by atoms with Crippen molar-refractivity contribution in [3.8, 4) is 0 Å². The van der Waals surface area contributed by atoms with Crippen LogP contribution < -0.4 is 0 Å². The first kappa shape index (κ1) is 9.10. The highest BCUT2D eigenvalue weighted by atomic mass is 32.2. The van der Waals surface area contributed by atoms with Crippen LogP contribution in [0.25, 0.3) is 0 Å². The second-order valence-corrected chi connectivity index (χ2v) is 4.78. The lowest BCUT2D eigenvalue weighted by Gasteiger charge is -2.13. The largest absolute Gasteiger partial charge is 0.392 e. The van der Waals surface area contributed by atoms with Gasteiger partial charge in [0.05, 0.1) is 6.10 Å². The lowest BCUT2D eigenvalue weighted by atomic mass is 10.3. The molecule has 1 fully saturated rings. The van der Waals surface area contributed by atoms with Crippen molar-refractivity contribution in [1.82, 2.24) is 0 Å². The van der Waals surface area contributed by atoms with Gasteiger partial charge in [-0.2, -0.15) is 0 Å². The Balaban J connectivity index is 1.98. The molecule has 1 nitrogen and oxygen atoms in total. The summed E-state index contributed by atoms with van der Waals surface area (Å²) >= 11 is 1.81. The first-order valence-corrected chi connectivity index (χ1v) is 5.64. The topological polar surface area (TPSA) is 20.2 Å². The predicted octanol–water partition coefficient (Wildman–Crippen LogP) is 2.69. The minimum absolute atomic E-state index is 0.0924. The van der Waals surface area contributed by atoms with Crippen molar-refractivity contribution >= 4 is 11.8 Å². The van der Waals surface area contributed by atoms with Gasteiger partial charge >= 0.3 is 0 Å². The van der Waals surface area contributed by atoms with E-state index in [4.69, 9.17) is 0 Å². The molecular weight excluding hydrogens is 180 g/mol. The summed E-state index contributed by atoms with van der Waals surface area (Å²) in [6, 6.07) is 10.3. The van der Waals surface area contributed by atoms with Gasteiger partial charge in [0, 0.05) is 10.1 Å². The Hall–Kier alpha value is -0.470. The van der Waals surface area contributed by atoms with Crippen molar-refractivity contribution in [2.24, 2.45) is 0 Å². The molecule has 0 aromatic heterocycles. The van der Waals surface area contributed by atoms with Crippen LogP contribution >= 0.6 is 11.8 Å². The molecule has 2 rings (SSSR count). The standard InChI is InChI=1S/C11H14OS/c12-10-7-4-8-11(10)13-9-5-2-1-3-6-9/h1-3,5-6,10-12H,4,7-8H2/t10-,11-/m0/s1. The monoisotopic (exact) mass is 194 g/mol. The molecule has 0 bridgehead atoms. The van der Waals surface area contributed by atoms with Gasteiger partial charge in [-0.15, -0.1) is 11.8 Å². The highest BCUT2D eigenvalue weighted by Gasteiger charge is 2.25. The molecule has 1 aromatic carbocycles. The molecule has 0 saturated heterocycles. The summed E-state index contributed by atoms with van der Waals surface area (Å²) in [6.07, 6.45) is 3.21. The molecule has 70 valence electrons. The Morgan fingerprint density at radius 2 is 1.92 bits per heavy atom. The van der Waals surface area contributed by atoms with Gasteiger partial charge in [0.15, 0.2) is 0 Å². The molecule has 0 unspecified atom stereocenters. The summed E-state index contributed by atoms with van der Waals surface area (Å²) in [5.74, 6) is 0.